The van der Waals surface area contributed by atoms with Crippen LogP contribution in [-0.2, 0) is 0 Å². The molecule has 2 rings (SSSR count). The largest absolute Gasteiger partial charge is 0.332 e. The highest BCUT2D eigenvalue weighted by Crippen LogP contribution is 2.26. The van der Waals surface area contributed by atoms with Crippen molar-refractivity contribution in [1.29, 1.82) is 0 Å². The lowest BCUT2D eigenvalue weighted by Crippen LogP contribution is -1.90. The lowest BCUT2D eigenvalue weighted by Gasteiger charge is -2.05. The first-order valence-corrected chi connectivity index (χ1v) is 6.21. The second kappa shape index (κ2) is 4.33. The quantitative estimate of drug-likeness (QED) is 0.890. The Morgan fingerprint density at radius 1 is 1.20 bits per heavy atom. The van der Waals surface area contributed by atoms with Gasteiger partial charge in [0, 0.05) is 5.69 Å². The average Bonchev–Trinajstić information content (AvgIpc) is 2.49. The van der Waals surface area contributed by atoms with E-state index in [9.17, 15) is 0 Å². The third-order valence-corrected chi connectivity index (χ3v) is 3.34. The van der Waals surface area contributed by atoms with Crippen LogP contribution in [0, 0.1) is 13.8 Å². The summed E-state index contributed by atoms with van der Waals surface area (Å²) >= 11 is 4.98. The van der Waals surface area contributed by atoms with E-state index in [4.69, 9.17) is 0 Å². The molecule has 78 valence electrons. The Kier molecular flexibility index (Phi) is 3.07. The lowest BCUT2D eigenvalue weighted by atomic mass is 10.1. The molecule has 2 nitrogen and oxygen atoms in total. The van der Waals surface area contributed by atoms with Crippen molar-refractivity contribution in [2.45, 2.75) is 13.8 Å². The molecule has 1 aromatic heterocycles. The number of hydrogen-bond donors (Lipinski definition) is 1. The highest BCUT2D eigenvalue weighted by Gasteiger charge is 2.00. The van der Waals surface area contributed by atoms with Crippen LogP contribution in [0.3, 0.4) is 0 Å². The number of nitrogens with one attached hydrogen (secondary N) is 1. The Hall–Kier alpha value is -0.870. The number of aromatic nitrogens is 1. The number of benzene rings is 1. The van der Waals surface area contributed by atoms with Gasteiger partial charge in [0.1, 0.15) is 0 Å². The van der Waals surface area contributed by atoms with Gasteiger partial charge >= 0.3 is 0 Å². The standard InChI is InChI=1S/C11H11BrN2S/c1-7-3-8(2)5-9(4-7)14-11-13-6-10(12)15-11/h3-6H,1-2H3,(H,13,14). The van der Waals surface area contributed by atoms with E-state index in [2.05, 4.69) is 58.3 Å². The Morgan fingerprint density at radius 3 is 2.40 bits per heavy atom. The number of rotatable bonds is 2. The van der Waals surface area contributed by atoms with Crippen LogP contribution >= 0.6 is 27.3 Å². The molecule has 1 heterocycles. The van der Waals surface area contributed by atoms with Crippen molar-refractivity contribution < 1.29 is 0 Å². The number of thiazole rings is 1. The fraction of sp³-hybridized carbons (Fsp3) is 0.182. The van der Waals surface area contributed by atoms with E-state index in [0.29, 0.717) is 0 Å². The molecule has 0 fully saturated rings. The van der Waals surface area contributed by atoms with Crippen LogP contribution in [-0.4, -0.2) is 4.98 Å². The van der Waals surface area contributed by atoms with Crippen molar-refractivity contribution in [3.05, 3.63) is 39.3 Å². The Balaban J connectivity index is 2.24. The van der Waals surface area contributed by atoms with Crippen LogP contribution in [0.15, 0.2) is 28.2 Å². The van der Waals surface area contributed by atoms with Gasteiger partial charge in [0.25, 0.3) is 0 Å². The molecule has 0 unspecified atom stereocenters. The van der Waals surface area contributed by atoms with Crippen LogP contribution in [0.1, 0.15) is 11.1 Å². The molecule has 0 aliphatic heterocycles. The minimum absolute atomic E-state index is 0.909. The third kappa shape index (κ3) is 2.79. The summed E-state index contributed by atoms with van der Waals surface area (Å²) in [4.78, 5) is 4.23. The highest BCUT2D eigenvalue weighted by molar-refractivity contribution is 9.11. The molecule has 0 bridgehead atoms. The molecule has 0 amide bonds. The zero-order valence-electron chi connectivity index (χ0n) is 8.54. The number of aryl methyl sites for hydroxylation is 2. The summed E-state index contributed by atoms with van der Waals surface area (Å²) in [5, 5.41) is 4.19. The van der Waals surface area contributed by atoms with E-state index in [1.807, 2.05) is 0 Å². The van der Waals surface area contributed by atoms with Gasteiger partial charge in [-0.1, -0.05) is 17.4 Å². The van der Waals surface area contributed by atoms with Crippen LogP contribution in [0.2, 0.25) is 0 Å². The summed E-state index contributed by atoms with van der Waals surface area (Å²) in [6.45, 7) is 4.19. The average molecular weight is 283 g/mol. The maximum atomic E-state index is 4.23. The summed E-state index contributed by atoms with van der Waals surface area (Å²) in [5.74, 6) is 0. The summed E-state index contributed by atoms with van der Waals surface area (Å²) in [6, 6.07) is 6.38. The van der Waals surface area contributed by atoms with Gasteiger partial charge in [0.15, 0.2) is 5.13 Å². The summed E-state index contributed by atoms with van der Waals surface area (Å²) in [5.41, 5.74) is 3.61. The molecule has 2 aromatic rings. The van der Waals surface area contributed by atoms with Crippen molar-refractivity contribution in [3.8, 4) is 0 Å². The second-order valence-corrected chi connectivity index (χ2v) is 5.88. The topological polar surface area (TPSA) is 24.9 Å². The lowest BCUT2D eigenvalue weighted by molar-refractivity contribution is 1.35. The van der Waals surface area contributed by atoms with Crippen LogP contribution < -0.4 is 5.32 Å². The minimum Gasteiger partial charge on any atom is -0.332 e. The molecule has 0 spiro atoms. The van der Waals surface area contributed by atoms with Crippen LogP contribution in [0.25, 0.3) is 0 Å². The van der Waals surface area contributed by atoms with E-state index < -0.39 is 0 Å². The molecule has 0 aliphatic carbocycles. The van der Waals surface area contributed by atoms with Crippen molar-refractivity contribution in [1.82, 2.24) is 4.98 Å². The Labute approximate surface area is 101 Å². The molecule has 0 aliphatic rings. The first-order chi connectivity index (χ1) is 7.13. The predicted molar refractivity (Wildman–Crippen MR) is 69.0 cm³/mol. The van der Waals surface area contributed by atoms with Crippen molar-refractivity contribution in [3.63, 3.8) is 0 Å². The van der Waals surface area contributed by atoms with E-state index in [1.165, 1.54) is 11.1 Å². The SMILES string of the molecule is Cc1cc(C)cc(Nc2ncc(Br)s2)c1. The van der Waals surface area contributed by atoms with Gasteiger partial charge in [0.05, 0.1) is 9.98 Å². The third-order valence-electron chi connectivity index (χ3n) is 1.95. The molecule has 0 atom stereocenters. The van der Waals surface area contributed by atoms with Gasteiger partial charge in [-0.15, -0.1) is 0 Å². The molecular weight excluding hydrogens is 272 g/mol. The number of hydrogen-bond acceptors (Lipinski definition) is 3. The summed E-state index contributed by atoms with van der Waals surface area (Å²) < 4.78 is 1.04. The van der Waals surface area contributed by atoms with Crippen molar-refractivity contribution >= 4 is 38.1 Å². The van der Waals surface area contributed by atoms with E-state index in [0.717, 1.165) is 14.6 Å². The smallest absolute Gasteiger partial charge is 0.188 e. The van der Waals surface area contributed by atoms with Gasteiger partial charge in [-0.25, -0.2) is 4.98 Å². The van der Waals surface area contributed by atoms with Crippen LogP contribution in [0.5, 0.6) is 0 Å². The number of halogens is 1. The molecule has 0 saturated heterocycles. The highest BCUT2D eigenvalue weighted by atomic mass is 79.9. The first-order valence-electron chi connectivity index (χ1n) is 4.60. The number of nitrogens with zero attached hydrogens (tertiary/aromatic N) is 1. The van der Waals surface area contributed by atoms with Crippen molar-refractivity contribution in [2.75, 3.05) is 5.32 Å². The second-order valence-electron chi connectivity index (χ2n) is 3.47. The van der Waals surface area contributed by atoms with Gasteiger partial charge in [0.2, 0.25) is 0 Å². The Bertz CT molecular complexity index is 459. The molecule has 1 N–H and O–H groups in total. The molecule has 1 aromatic carbocycles. The van der Waals surface area contributed by atoms with Crippen LogP contribution in [0.4, 0.5) is 10.8 Å². The number of anilines is 2. The monoisotopic (exact) mass is 282 g/mol. The fourth-order valence-corrected chi connectivity index (χ4v) is 2.61. The van der Waals surface area contributed by atoms with Gasteiger partial charge in [-0.3, -0.25) is 0 Å². The minimum atomic E-state index is 0.909. The predicted octanol–water partition coefficient (Wildman–Crippen LogP) is 4.27. The van der Waals surface area contributed by atoms with E-state index >= 15 is 0 Å². The molecular formula is C11H11BrN2S. The van der Waals surface area contributed by atoms with Gasteiger partial charge < -0.3 is 5.32 Å². The van der Waals surface area contributed by atoms with Crippen molar-refractivity contribution in [2.24, 2.45) is 0 Å². The summed E-state index contributed by atoms with van der Waals surface area (Å²) in [6.07, 6.45) is 1.80. The molecule has 15 heavy (non-hydrogen) atoms. The van der Waals surface area contributed by atoms with Gasteiger partial charge in [-0.05, 0) is 53.0 Å². The Morgan fingerprint density at radius 2 is 1.87 bits per heavy atom. The fourth-order valence-electron chi connectivity index (χ4n) is 1.48. The normalized spacial score (nSPS) is 10.3. The molecule has 4 heteroatoms. The summed E-state index contributed by atoms with van der Waals surface area (Å²) in [7, 11) is 0. The first kappa shape index (κ1) is 10.6. The maximum absolute atomic E-state index is 4.23. The molecule has 0 radical (unpaired) electrons. The zero-order valence-corrected chi connectivity index (χ0v) is 10.9. The van der Waals surface area contributed by atoms with E-state index in [1.54, 1.807) is 17.5 Å². The van der Waals surface area contributed by atoms with E-state index in [-0.39, 0.29) is 0 Å². The molecule has 0 saturated carbocycles. The van der Waals surface area contributed by atoms with Gasteiger partial charge in [-0.2, -0.15) is 0 Å². The zero-order chi connectivity index (χ0) is 10.8. The maximum Gasteiger partial charge on any atom is 0.188 e.